The molecule has 1 aliphatic heterocycles. The molecule has 2 aromatic rings. The van der Waals surface area contributed by atoms with E-state index < -0.39 is 0 Å². The lowest BCUT2D eigenvalue weighted by Crippen LogP contribution is -2.40. The van der Waals surface area contributed by atoms with Crippen LogP contribution in [0.3, 0.4) is 0 Å². The largest absolute Gasteiger partial charge is 0.451 e. The molecular formula is C16H20N2O3. The van der Waals surface area contributed by atoms with E-state index in [1.807, 2.05) is 6.92 Å². The number of carbonyl (C=O) groups excluding carboxylic acids is 1. The summed E-state index contributed by atoms with van der Waals surface area (Å²) in [6, 6.07) is 7.19. The van der Waals surface area contributed by atoms with Crippen LogP contribution in [0, 0.1) is 5.92 Å². The molecule has 3 N–H and O–H groups in total. The van der Waals surface area contributed by atoms with Crippen molar-refractivity contribution < 1.29 is 13.9 Å². The summed E-state index contributed by atoms with van der Waals surface area (Å²) >= 11 is 0. The van der Waals surface area contributed by atoms with Crippen LogP contribution in [-0.4, -0.2) is 25.2 Å². The summed E-state index contributed by atoms with van der Waals surface area (Å²) in [6.07, 6.45) is 1.97. The molecule has 1 atom stereocenters. The van der Waals surface area contributed by atoms with Crippen LogP contribution in [0.4, 0.5) is 5.69 Å². The molecule has 1 aromatic heterocycles. The van der Waals surface area contributed by atoms with Crippen LogP contribution in [-0.2, 0) is 4.74 Å². The average molecular weight is 288 g/mol. The Morgan fingerprint density at radius 2 is 2.10 bits per heavy atom. The van der Waals surface area contributed by atoms with Crippen LogP contribution in [0.25, 0.3) is 11.0 Å². The van der Waals surface area contributed by atoms with Crippen molar-refractivity contribution in [3.63, 3.8) is 0 Å². The number of nitrogen functional groups attached to an aromatic ring is 1. The van der Waals surface area contributed by atoms with E-state index in [0.29, 0.717) is 22.9 Å². The lowest BCUT2D eigenvalue weighted by Gasteiger charge is -2.28. The maximum Gasteiger partial charge on any atom is 0.287 e. The van der Waals surface area contributed by atoms with Crippen molar-refractivity contribution >= 4 is 22.6 Å². The van der Waals surface area contributed by atoms with E-state index in [0.717, 1.165) is 31.4 Å². The summed E-state index contributed by atoms with van der Waals surface area (Å²) in [4.78, 5) is 12.3. The Balaban J connectivity index is 1.71. The van der Waals surface area contributed by atoms with Crippen molar-refractivity contribution in [3.8, 4) is 0 Å². The van der Waals surface area contributed by atoms with Crippen LogP contribution in [0.5, 0.6) is 0 Å². The fourth-order valence-corrected chi connectivity index (χ4v) is 2.79. The van der Waals surface area contributed by atoms with E-state index in [1.165, 1.54) is 0 Å². The number of hydrogen-bond donors (Lipinski definition) is 2. The Bertz CT molecular complexity index is 644. The predicted molar refractivity (Wildman–Crippen MR) is 81.1 cm³/mol. The second kappa shape index (κ2) is 5.77. The summed E-state index contributed by atoms with van der Waals surface area (Å²) in [7, 11) is 0. The average Bonchev–Trinajstić information content (AvgIpc) is 2.91. The first-order chi connectivity index (χ1) is 10.1. The molecule has 1 saturated heterocycles. The Kier molecular flexibility index (Phi) is 3.84. The van der Waals surface area contributed by atoms with Gasteiger partial charge in [-0.05, 0) is 49.9 Å². The van der Waals surface area contributed by atoms with Gasteiger partial charge < -0.3 is 20.2 Å². The van der Waals surface area contributed by atoms with Gasteiger partial charge in [0.15, 0.2) is 5.76 Å². The minimum atomic E-state index is -0.177. The van der Waals surface area contributed by atoms with Crippen LogP contribution in [0.2, 0.25) is 0 Å². The predicted octanol–water partition coefficient (Wildman–Crippen LogP) is 2.56. The van der Waals surface area contributed by atoms with E-state index in [4.69, 9.17) is 14.9 Å². The van der Waals surface area contributed by atoms with Gasteiger partial charge in [-0.15, -0.1) is 0 Å². The lowest BCUT2D eigenvalue weighted by molar-refractivity contribution is 0.0534. The van der Waals surface area contributed by atoms with Gasteiger partial charge in [-0.3, -0.25) is 4.79 Å². The van der Waals surface area contributed by atoms with E-state index in [9.17, 15) is 4.79 Å². The Hall–Kier alpha value is -2.01. The third-order valence-electron chi connectivity index (χ3n) is 4.10. The number of benzene rings is 1. The van der Waals surface area contributed by atoms with Gasteiger partial charge in [-0.25, -0.2) is 0 Å². The van der Waals surface area contributed by atoms with Crippen LogP contribution in [0.15, 0.2) is 28.7 Å². The fraction of sp³-hybridized carbons (Fsp3) is 0.438. The summed E-state index contributed by atoms with van der Waals surface area (Å²) in [5.74, 6) is 0.612. The first-order valence-corrected chi connectivity index (χ1v) is 7.31. The Morgan fingerprint density at radius 3 is 2.86 bits per heavy atom. The van der Waals surface area contributed by atoms with Gasteiger partial charge in [0.1, 0.15) is 5.58 Å². The number of anilines is 1. The topological polar surface area (TPSA) is 77.5 Å². The number of nitrogens with two attached hydrogens (primary N) is 1. The molecule has 0 radical (unpaired) electrons. The fourth-order valence-electron chi connectivity index (χ4n) is 2.79. The molecule has 0 aliphatic carbocycles. The molecule has 0 saturated carbocycles. The monoisotopic (exact) mass is 288 g/mol. The zero-order valence-electron chi connectivity index (χ0n) is 12.1. The number of rotatable bonds is 3. The maximum absolute atomic E-state index is 12.3. The molecule has 21 heavy (non-hydrogen) atoms. The molecule has 5 nitrogen and oxygen atoms in total. The summed E-state index contributed by atoms with van der Waals surface area (Å²) in [5.41, 5.74) is 7.07. The molecular weight excluding hydrogens is 268 g/mol. The van der Waals surface area contributed by atoms with Gasteiger partial charge in [-0.1, -0.05) is 0 Å². The van der Waals surface area contributed by atoms with Crippen LogP contribution < -0.4 is 11.1 Å². The molecule has 2 heterocycles. The summed E-state index contributed by atoms with van der Waals surface area (Å²) < 4.78 is 10.9. The SMILES string of the molecule is CC(NC(=O)c1cc2cc(N)ccc2o1)C1CCOCC1. The summed E-state index contributed by atoms with van der Waals surface area (Å²) in [6.45, 7) is 3.58. The number of nitrogens with one attached hydrogen (secondary N) is 1. The molecule has 1 unspecified atom stereocenters. The third-order valence-corrected chi connectivity index (χ3v) is 4.10. The number of ether oxygens (including phenoxy) is 1. The number of carbonyl (C=O) groups is 1. The molecule has 112 valence electrons. The normalized spacial score (nSPS) is 17.8. The zero-order chi connectivity index (χ0) is 14.8. The minimum absolute atomic E-state index is 0.111. The molecule has 0 spiro atoms. The number of hydrogen-bond acceptors (Lipinski definition) is 4. The first-order valence-electron chi connectivity index (χ1n) is 7.31. The van der Waals surface area contributed by atoms with Crippen molar-refractivity contribution in [3.05, 3.63) is 30.0 Å². The van der Waals surface area contributed by atoms with E-state index in [1.54, 1.807) is 24.3 Å². The number of amides is 1. The molecule has 1 aromatic carbocycles. The standard InChI is InChI=1S/C16H20N2O3/c1-10(11-4-6-20-7-5-11)18-16(19)15-9-12-8-13(17)2-3-14(12)21-15/h2-3,8-11H,4-7,17H2,1H3,(H,18,19). The van der Waals surface area contributed by atoms with Crippen LogP contribution in [0.1, 0.15) is 30.3 Å². The molecule has 1 fully saturated rings. The highest BCUT2D eigenvalue weighted by molar-refractivity contribution is 5.96. The molecule has 1 aliphatic rings. The van der Waals surface area contributed by atoms with E-state index in [2.05, 4.69) is 5.32 Å². The molecule has 5 heteroatoms. The van der Waals surface area contributed by atoms with Gasteiger partial charge in [0.05, 0.1) is 0 Å². The van der Waals surface area contributed by atoms with Gasteiger partial charge >= 0.3 is 0 Å². The highest BCUT2D eigenvalue weighted by Gasteiger charge is 2.23. The third kappa shape index (κ3) is 3.03. The van der Waals surface area contributed by atoms with E-state index in [-0.39, 0.29) is 11.9 Å². The van der Waals surface area contributed by atoms with Crippen LogP contribution >= 0.6 is 0 Å². The molecule has 0 bridgehead atoms. The smallest absolute Gasteiger partial charge is 0.287 e. The number of fused-ring (bicyclic) bond motifs is 1. The second-order valence-electron chi connectivity index (χ2n) is 5.62. The molecule has 1 amide bonds. The quantitative estimate of drug-likeness (QED) is 0.851. The van der Waals surface area contributed by atoms with Crippen molar-refractivity contribution in [1.82, 2.24) is 5.32 Å². The van der Waals surface area contributed by atoms with Crippen molar-refractivity contribution in [2.45, 2.75) is 25.8 Å². The highest BCUT2D eigenvalue weighted by Crippen LogP contribution is 2.23. The van der Waals surface area contributed by atoms with Crippen molar-refractivity contribution in [2.75, 3.05) is 18.9 Å². The zero-order valence-corrected chi connectivity index (χ0v) is 12.1. The van der Waals surface area contributed by atoms with E-state index >= 15 is 0 Å². The van der Waals surface area contributed by atoms with Gasteiger partial charge in [0, 0.05) is 30.3 Å². The minimum Gasteiger partial charge on any atom is -0.451 e. The lowest BCUT2D eigenvalue weighted by atomic mass is 9.93. The maximum atomic E-state index is 12.3. The second-order valence-corrected chi connectivity index (χ2v) is 5.62. The van der Waals surface area contributed by atoms with Gasteiger partial charge in [-0.2, -0.15) is 0 Å². The van der Waals surface area contributed by atoms with Crippen molar-refractivity contribution in [1.29, 1.82) is 0 Å². The highest BCUT2D eigenvalue weighted by atomic mass is 16.5. The van der Waals surface area contributed by atoms with Gasteiger partial charge in [0.25, 0.3) is 5.91 Å². The van der Waals surface area contributed by atoms with Crippen molar-refractivity contribution in [2.24, 2.45) is 5.92 Å². The first kappa shape index (κ1) is 13.9. The molecule has 3 rings (SSSR count). The Morgan fingerprint density at radius 1 is 1.33 bits per heavy atom. The van der Waals surface area contributed by atoms with Gasteiger partial charge in [0.2, 0.25) is 0 Å². The Labute approximate surface area is 123 Å². The summed E-state index contributed by atoms with van der Waals surface area (Å²) in [5, 5.41) is 3.87. The number of furan rings is 1.